The minimum atomic E-state index is -0.373. The number of halogens is 1. The van der Waals surface area contributed by atoms with Crippen molar-refractivity contribution in [1.29, 1.82) is 0 Å². The summed E-state index contributed by atoms with van der Waals surface area (Å²) in [4.78, 5) is 14.1. The van der Waals surface area contributed by atoms with Gasteiger partial charge in [0.05, 0.1) is 5.69 Å². The third-order valence-corrected chi connectivity index (χ3v) is 4.08. The molecule has 5 nitrogen and oxygen atoms in total. The fraction of sp³-hybridized carbons (Fsp3) is 0.412. The van der Waals surface area contributed by atoms with Crippen LogP contribution in [0.25, 0.3) is 0 Å². The smallest absolute Gasteiger partial charge is 0.260 e. The zero-order chi connectivity index (χ0) is 16.2. The molecule has 0 radical (unpaired) electrons. The maximum atomic E-state index is 13.1. The van der Waals surface area contributed by atoms with E-state index in [0.29, 0.717) is 12.3 Å². The molecular weight excluding hydrogens is 297 g/mol. The van der Waals surface area contributed by atoms with Crippen LogP contribution in [0.1, 0.15) is 30.1 Å². The van der Waals surface area contributed by atoms with E-state index in [0.717, 1.165) is 30.8 Å². The van der Waals surface area contributed by atoms with Gasteiger partial charge >= 0.3 is 0 Å². The molecule has 0 spiro atoms. The number of ether oxygens (including phenoxy) is 1. The van der Waals surface area contributed by atoms with Crippen LogP contribution in [0.4, 0.5) is 4.39 Å². The van der Waals surface area contributed by atoms with E-state index in [1.807, 2.05) is 13.0 Å². The summed E-state index contributed by atoms with van der Waals surface area (Å²) in [6, 6.07) is 7.85. The number of aryl methyl sites for hydroxylation is 1. The largest absolute Gasteiger partial charge is 0.484 e. The standard InChI is InChI=1S/C17H20FN3O2/c1-12-8-16(20-19-12)13-4-3-7-21(10-13)17(22)11-23-15-6-2-5-14(18)9-15/h2,5-6,8-9,13H,3-4,7,10-11H2,1H3,(H,19,20)/t13-/m1/s1. The number of carbonyl (C=O) groups excluding carboxylic acids is 1. The van der Waals surface area contributed by atoms with Gasteiger partial charge in [-0.25, -0.2) is 4.39 Å². The predicted molar refractivity (Wildman–Crippen MR) is 83.8 cm³/mol. The third-order valence-electron chi connectivity index (χ3n) is 4.08. The van der Waals surface area contributed by atoms with Crippen LogP contribution in [-0.2, 0) is 4.79 Å². The second kappa shape index (κ2) is 6.81. The first-order valence-corrected chi connectivity index (χ1v) is 7.80. The number of aromatic nitrogens is 2. The van der Waals surface area contributed by atoms with E-state index in [1.54, 1.807) is 17.0 Å². The van der Waals surface area contributed by atoms with E-state index in [4.69, 9.17) is 4.74 Å². The number of hydrogen-bond donors (Lipinski definition) is 1. The molecule has 1 saturated heterocycles. The molecule has 1 aliphatic heterocycles. The molecule has 0 aliphatic carbocycles. The highest BCUT2D eigenvalue weighted by atomic mass is 19.1. The first kappa shape index (κ1) is 15.5. The molecule has 23 heavy (non-hydrogen) atoms. The highest BCUT2D eigenvalue weighted by molar-refractivity contribution is 5.78. The second-order valence-electron chi connectivity index (χ2n) is 5.90. The van der Waals surface area contributed by atoms with Crippen molar-refractivity contribution < 1.29 is 13.9 Å². The van der Waals surface area contributed by atoms with Crippen LogP contribution in [0.15, 0.2) is 30.3 Å². The van der Waals surface area contributed by atoms with Crippen LogP contribution in [0.5, 0.6) is 5.75 Å². The zero-order valence-corrected chi connectivity index (χ0v) is 13.1. The predicted octanol–water partition coefficient (Wildman–Crippen LogP) is 2.64. The Kier molecular flexibility index (Phi) is 4.60. The Labute approximate surface area is 134 Å². The number of piperidine rings is 1. The number of amides is 1. The van der Waals surface area contributed by atoms with Crippen LogP contribution in [0.3, 0.4) is 0 Å². The molecule has 122 valence electrons. The van der Waals surface area contributed by atoms with Gasteiger partial charge in [0.2, 0.25) is 0 Å². The minimum absolute atomic E-state index is 0.0736. The summed E-state index contributed by atoms with van der Waals surface area (Å²) in [5.74, 6) is 0.176. The topological polar surface area (TPSA) is 58.2 Å². The molecule has 0 unspecified atom stereocenters. The van der Waals surface area contributed by atoms with Gasteiger partial charge in [-0.2, -0.15) is 5.10 Å². The number of carbonyl (C=O) groups is 1. The Hall–Kier alpha value is -2.37. The van der Waals surface area contributed by atoms with Crippen LogP contribution in [-0.4, -0.2) is 40.7 Å². The van der Waals surface area contributed by atoms with Crippen LogP contribution in [0.2, 0.25) is 0 Å². The highest BCUT2D eigenvalue weighted by Gasteiger charge is 2.26. The van der Waals surface area contributed by atoms with Gasteiger partial charge in [0.1, 0.15) is 11.6 Å². The molecule has 2 heterocycles. The number of nitrogens with one attached hydrogen (secondary N) is 1. The normalized spacial score (nSPS) is 18.0. The number of H-pyrrole nitrogens is 1. The average molecular weight is 317 g/mol. The highest BCUT2D eigenvalue weighted by Crippen LogP contribution is 2.26. The van der Waals surface area contributed by atoms with Crippen molar-refractivity contribution in [2.24, 2.45) is 0 Å². The molecule has 1 aromatic carbocycles. The number of rotatable bonds is 4. The first-order valence-electron chi connectivity index (χ1n) is 7.80. The summed E-state index contributed by atoms with van der Waals surface area (Å²) in [7, 11) is 0. The molecule has 0 bridgehead atoms. The van der Waals surface area contributed by atoms with Crippen molar-refractivity contribution in [1.82, 2.24) is 15.1 Å². The SMILES string of the molecule is Cc1cc([C@@H]2CCCN(C(=O)COc3cccc(F)c3)C2)n[nH]1. The Balaban J connectivity index is 1.56. The van der Waals surface area contributed by atoms with Gasteiger partial charge in [-0.1, -0.05) is 6.07 Å². The lowest BCUT2D eigenvalue weighted by molar-refractivity contribution is -0.134. The summed E-state index contributed by atoms with van der Waals surface area (Å²) < 4.78 is 18.5. The van der Waals surface area contributed by atoms with Crippen molar-refractivity contribution in [3.8, 4) is 5.75 Å². The van der Waals surface area contributed by atoms with E-state index in [-0.39, 0.29) is 24.2 Å². The number of likely N-dealkylation sites (tertiary alicyclic amines) is 1. The molecular formula is C17H20FN3O2. The zero-order valence-electron chi connectivity index (χ0n) is 13.1. The van der Waals surface area contributed by atoms with Crippen molar-refractivity contribution in [2.45, 2.75) is 25.7 Å². The van der Waals surface area contributed by atoms with Crippen LogP contribution >= 0.6 is 0 Å². The van der Waals surface area contributed by atoms with E-state index in [1.165, 1.54) is 12.1 Å². The van der Waals surface area contributed by atoms with E-state index in [9.17, 15) is 9.18 Å². The maximum Gasteiger partial charge on any atom is 0.260 e. The molecule has 3 rings (SSSR count). The second-order valence-corrected chi connectivity index (χ2v) is 5.90. The van der Waals surface area contributed by atoms with Crippen molar-refractivity contribution in [3.05, 3.63) is 47.5 Å². The summed E-state index contributed by atoms with van der Waals surface area (Å²) in [6.07, 6.45) is 1.97. The molecule has 1 N–H and O–H groups in total. The molecule has 6 heteroatoms. The van der Waals surface area contributed by atoms with E-state index < -0.39 is 0 Å². The lowest BCUT2D eigenvalue weighted by Gasteiger charge is -2.31. The molecule has 2 aromatic rings. The summed E-state index contributed by atoms with van der Waals surface area (Å²) >= 11 is 0. The molecule has 1 aliphatic rings. The lowest BCUT2D eigenvalue weighted by Crippen LogP contribution is -2.41. The van der Waals surface area contributed by atoms with Gasteiger partial charge in [0.15, 0.2) is 6.61 Å². The molecule has 1 aromatic heterocycles. The fourth-order valence-electron chi connectivity index (χ4n) is 2.89. The van der Waals surface area contributed by atoms with E-state index in [2.05, 4.69) is 10.2 Å². The van der Waals surface area contributed by atoms with Crippen LogP contribution in [0, 0.1) is 12.7 Å². The summed E-state index contributed by atoms with van der Waals surface area (Å²) in [6.45, 7) is 3.27. The van der Waals surface area contributed by atoms with Gasteiger partial charge in [-0.15, -0.1) is 0 Å². The van der Waals surface area contributed by atoms with Gasteiger partial charge in [0.25, 0.3) is 5.91 Å². The molecule has 1 fully saturated rings. The van der Waals surface area contributed by atoms with Gasteiger partial charge in [-0.3, -0.25) is 9.89 Å². The summed E-state index contributed by atoms with van der Waals surface area (Å²) in [5.41, 5.74) is 2.03. The Bertz CT molecular complexity index is 686. The summed E-state index contributed by atoms with van der Waals surface area (Å²) in [5, 5.41) is 7.25. The Morgan fingerprint density at radius 1 is 1.48 bits per heavy atom. The number of nitrogens with zero attached hydrogens (tertiary/aromatic N) is 2. The minimum Gasteiger partial charge on any atom is -0.484 e. The Morgan fingerprint density at radius 3 is 3.09 bits per heavy atom. The van der Waals surface area contributed by atoms with Crippen molar-refractivity contribution in [2.75, 3.05) is 19.7 Å². The number of aromatic amines is 1. The number of hydrogen-bond acceptors (Lipinski definition) is 3. The lowest BCUT2D eigenvalue weighted by atomic mass is 9.94. The average Bonchev–Trinajstić information content (AvgIpc) is 2.99. The fourth-order valence-corrected chi connectivity index (χ4v) is 2.89. The van der Waals surface area contributed by atoms with E-state index >= 15 is 0 Å². The first-order chi connectivity index (χ1) is 11.1. The molecule has 0 saturated carbocycles. The quantitative estimate of drug-likeness (QED) is 0.943. The van der Waals surface area contributed by atoms with Crippen LogP contribution < -0.4 is 4.74 Å². The number of benzene rings is 1. The van der Waals surface area contributed by atoms with Crippen molar-refractivity contribution in [3.63, 3.8) is 0 Å². The molecule has 1 atom stereocenters. The van der Waals surface area contributed by atoms with Gasteiger partial charge < -0.3 is 9.64 Å². The maximum absolute atomic E-state index is 13.1. The third kappa shape index (κ3) is 3.88. The molecule has 1 amide bonds. The monoisotopic (exact) mass is 317 g/mol. The van der Waals surface area contributed by atoms with Gasteiger partial charge in [-0.05, 0) is 38.0 Å². The Morgan fingerprint density at radius 2 is 2.35 bits per heavy atom. The van der Waals surface area contributed by atoms with Gasteiger partial charge in [0, 0.05) is 30.8 Å². The van der Waals surface area contributed by atoms with Crippen molar-refractivity contribution >= 4 is 5.91 Å².